The van der Waals surface area contributed by atoms with E-state index in [-0.39, 0.29) is 18.4 Å². The highest BCUT2D eigenvalue weighted by atomic mass is 16.2. The van der Waals surface area contributed by atoms with Crippen molar-refractivity contribution in [2.45, 2.75) is 25.3 Å². The molecule has 1 aliphatic rings. The maximum absolute atomic E-state index is 10.9. The van der Waals surface area contributed by atoms with E-state index >= 15 is 0 Å². The van der Waals surface area contributed by atoms with Gasteiger partial charge >= 0.3 is 6.03 Å². The number of hydrogen-bond acceptors (Lipinski definition) is 3. The van der Waals surface area contributed by atoms with E-state index in [1.807, 2.05) is 5.32 Å². The lowest BCUT2D eigenvalue weighted by atomic mass is 10.1. The van der Waals surface area contributed by atoms with Crippen LogP contribution in [0.1, 0.15) is 19.3 Å². The third kappa shape index (κ3) is 2.87. The Morgan fingerprint density at radius 3 is 2.50 bits per heavy atom. The molecule has 1 fully saturated rings. The summed E-state index contributed by atoms with van der Waals surface area (Å²) in [5.74, 6) is 0.0746. The minimum atomic E-state index is -0.817. The van der Waals surface area contributed by atoms with Crippen LogP contribution in [0.5, 0.6) is 0 Å². The average Bonchev–Trinajstić information content (AvgIpc) is 2.63. The molecule has 1 saturated carbocycles. The van der Waals surface area contributed by atoms with Crippen molar-refractivity contribution >= 4 is 11.9 Å². The predicted octanol–water partition coefficient (Wildman–Crippen LogP) is -0.691. The molecular weight excluding hydrogens is 158 g/mol. The molecule has 1 atom stereocenters. The molecule has 0 heterocycles. The molecule has 0 saturated heterocycles. The van der Waals surface area contributed by atoms with E-state index < -0.39 is 6.03 Å². The summed E-state index contributed by atoms with van der Waals surface area (Å²) in [6.45, 7) is 0. The zero-order valence-corrected chi connectivity index (χ0v) is 6.75. The van der Waals surface area contributed by atoms with Crippen molar-refractivity contribution in [3.63, 3.8) is 0 Å². The highest BCUT2D eigenvalue weighted by Gasteiger charge is 2.29. The fourth-order valence-electron chi connectivity index (χ4n) is 1.09. The number of rotatable bonds is 3. The number of nitrogens with two attached hydrogens (primary N) is 2. The standard InChI is InChI=1S/C7H13N3O2/c8-5(4-1-2-4)3-6(11)10-7(9)12/h4-5H,1-3,8H2,(H3,9,10,11,12). The van der Waals surface area contributed by atoms with E-state index in [1.165, 1.54) is 0 Å². The van der Waals surface area contributed by atoms with Gasteiger partial charge in [-0.3, -0.25) is 10.1 Å². The predicted molar refractivity (Wildman–Crippen MR) is 43.0 cm³/mol. The molecule has 0 aliphatic heterocycles. The molecule has 1 aliphatic carbocycles. The molecule has 1 rings (SSSR count). The molecule has 3 amide bonds. The van der Waals surface area contributed by atoms with E-state index in [0.717, 1.165) is 12.8 Å². The van der Waals surface area contributed by atoms with Crippen LogP contribution in [0.15, 0.2) is 0 Å². The molecular formula is C7H13N3O2. The van der Waals surface area contributed by atoms with Gasteiger partial charge in [0.2, 0.25) is 5.91 Å². The van der Waals surface area contributed by atoms with Crippen molar-refractivity contribution in [2.75, 3.05) is 0 Å². The number of amides is 3. The van der Waals surface area contributed by atoms with Crippen LogP contribution in [0.25, 0.3) is 0 Å². The summed E-state index contributed by atoms with van der Waals surface area (Å²) < 4.78 is 0. The average molecular weight is 171 g/mol. The van der Waals surface area contributed by atoms with E-state index in [1.54, 1.807) is 0 Å². The summed E-state index contributed by atoms with van der Waals surface area (Å²) in [5, 5.41) is 1.98. The monoisotopic (exact) mass is 171 g/mol. The maximum atomic E-state index is 10.9. The number of hydrogen-bond donors (Lipinski definition) is 3. The van der Waals surface area contributed by atoms with Gasteiger partial charge < -0.3 is 11.5 Å². The Morgan fingerprint density at radius 2 is 2.08 bits per heavy atom. The molecule has 5 nitrogen and oxygen atoms in total. The Hall–Kier alpha value is -1.10. The summed E-state index contributed by atoms with van der Waals surface area (Å²) in [4.78, 5) is 21.1. The summed E-state index contributed by atoms with van der Waals surface area (Å²) in [7, 11) is 0. The number of urea groups is 1. The van der Waals surface area contributed by atoms with Crippen LogP contribution in [0.4, 0.5) is 4.79 Å². The third-order valence-electron chi connectivity index (χ3n) is 1.91. The van der Waals surface area contributed by atoms with Crippen LogP contribution < -0.4 is 16.8 Å². The van der Waals surface area contributed by atoms with Gasteiger partial charge in [0, 0.05) is 12.5 Å². The number of imide groups is 1. The minimum absolute atomic E-state index is 0.121. The van der Waals surface area contributed by atoms with Gasteiger partial charge in [-0.25, -0.2) is 4.79 Å². The van der Waals surface area contributed by atoms with Crippen molar-refractivity contribution < 1.29 is 9.59 Å². The first kappa shape index (κ1) is 8.99. The summed E-state index contributed by atoms with van der Waals surface area (Å²) in [6, 6.07) is -0.938. The molecule has 0 aromatic heterocycles. The van der Waals surface area contributed by atoms with Gasteiger partial charge in [-0.15, -0.1) is 0 Å². The van der Waals surface area contributed by atoms with Crippen LogP contribution in [-0.2, 0) is 4.79 Å². The quantitative estimate of drug-likeness (QED) is 0.524. The van der Waals surface area contributed by atoms with E-state index in [9.17, 15) is 9.59 Å². The van der Waals surface area contributed by atoms with Crippen molar-refractivity contribution in [1.82, 2.24) is 5.32 Å². The van der Waals surface area contributed by atoms with E-state index in [4.69, 9.17) is 11.5 Å². The van der Waals surface area contributed by atoms with Crippen LogP contribution in [0.3, 0.4) is 0 Å². The second-order valence-corrected chi connectivity index (χ2v) is 3.12. The highest BCUT2D eigenvalue weighted by molar-refractivity contribution is 5.93. The Labute approximate surface area is 70.5 Å². The second-order valence-electron chi connectivity index (χ2n) is 3.12. The first-order valence-electron chi connectivity index (χ1n) is 3.94. The van der Waals surface area contributed by atoms with Gasteiger partial charge in [-0.05, 0) is 18.8 Å². The van der Waals surface area contributed by atoms with Gasteiger partial charge in [0.25, 0.3) is 0 Å². The first-order valence-corrected chi connectivity index (χ1v) is 3.94. The fraction of sp³-hybridized carbons (Fsp3) is 0.714. The van der Waals surface area contributed by atoms with Gasteiger partial charge in [-0.2, -0.15) is 0 Å². The summed E-state index contributed by atoms with van der Waals surface area (Å²) in [6.07, 6.45) is 2.36. The molecule has 0 aromatic rings. The van der Waals surface area contributed by atoms with Crippen molar-refractivity contribution in [2.24, 2.45) is 17.4 Å². The van der Waals surface area contributed by atoms with Crippen molar-refractivity contribution in [3.8, 4) is 0 Å². The van der Waals surface area contributed by atoms with Gasteiger partial charge in [0.05, 0.1) is 0 Å². The van der Waals surface area contributed by atoms with Crippen LogP contribution in [-0.4, -0.2) is 18.0 Å². The molecule has 0 radical (unpaired) electrons. The third-order valence-corrected chi connectivity index (χ3v) is 1.91. The van der Waals surface area contributed by atoms with Gasteiger partial charge in [0.15, 0.2) is 0 Å². The van der Waals surface area contributed by atoms with Crippen LogP contribution in [0, 0.1) is 5.92 Å². The Kier molecular flexibility index (Phi) is 2.65. The Balaban J connectivity index is 2.20. The molecule has 5 heteroatoms. The SMILES string of the molecule is NC(=O)NC(=O)CC(N)C1CC1. The largest absolute Gasteiger partial charge is 0.351 e. The second kappa shape index (κ2) is 3.53. The Bertz CT molecular complexity index is 201. The maximum Gasteiger partial charge on any atom is 0.318 e. The lowest BCUT2D eigenvalue weighted by Crippen LogP contribution is -2.39. The molecule has 1 unspecified atom stereocenters. The lowest BCUT2D eigenvalue weighted by Gasteiger charge is -2.07. The van der Waals surface area contributed by atoms with Crippen LogP contribution >= 0.6 is 0 Å². The number of carbonyl (C=O) groups excluding carboxylic acids is 2. The molecule has 0 spiro atoms. The zero-order chi connectivity index (χ0) is 9.14. The minimum Gasteiger partial charge on any atom is -0.351 e. The van der Waals surface area contributed by atoms with E-state index in [2.05, 4.69) is 0 Å². The van der Waals surface area contributed by atoms with Crippen LogP contribution in [0.2, 0.25) is 0 Å². The van der Waals surface area contributed by atoms with Crippen molar-refractivity contribution in [3.05, 3.63) is 0 Å². The zero-order valence-electron chi connectivity index (χ0n) is 6.75. The van der Waals surface area contributed by atoms with E-state index in [0.29, 0.717) is 5.92 Å². The van der Waals surface area contributed by atoms with Gasteiger partial charge in [-0.1, -0.05) is 0 Å². The number of primary amides is 1. The molecule has 5 N–H and O–H groups in total. The topological polar surface area (TPSA) is 98.2 Å². The van der Waals surface area contributed by atoms with Gasteiger partial charge in [0.1, 0.15) is 0 Å². The summed E-state index contributed by atoms with van der Waals surface area (Å²) in [5.41, 5.74) is 10.4. The number of nitrogens with one attached hydrogen (secondary N) is 1. The first-order chi connectivity index (χ1) is 5.59. The normalized spacial score (nSPS) is 18.4. The molecule has 68 valence electrons. The molecule has 0 bridgehead atoms. The lowest BCUT2D eigenvalue weighted by molar-refractivity contribution is -0.120. The Morgan fingerprint density at radius 1 is 1.50 bits per heavy atom. The fourth-order valence-corrected chi connectivity index (χ4v) is 1.09. The smallest absolute Gasteiger partial charge is 0.318 e. The molecule has 0 aromatic carbocycles. The molecule has 12 heavy (non-hydrogen) atoms. The van der Waals surface area contributed by atoms with Crippen molar-refractivity contribution in [1.29, 1.82) is 0 Å². The number of carbonyl (C=O) groups is 2. The highest BCUT2D eigenvalue weighted by Crippen LogP contribution is 2.32. The summed E-state index contributed by atoms with van der Waals surface area (Å²) >= 11 is 0.